The van der Waals surface area contributed by atoms with Crippen molar-refractivity contribution in [2.45, 2.75) is 20.8 Å². The van der Waals surface area contributed by atoms with Crippen LogP contribution in [0.15, 0.2) is 16.7 Å². The molecular formula is C16H23N3O. The van der Waals surface area contributed by atoms with E-state index in [0.717, 1.165) is 49.9 Å². The van der Waals surface area contributed by atoms with Crippen LogP contribution in [-0.2, 0) is 0 Å². The van der Waals surface area contributed by atoms with Gasteiger partial charge in [-0.1, -0.05) is 44.2 Å². The Hall–Kier alpha value is -1.55. The molecule has 1 aromatic rings. The highest BCUT2D eigenvalue weighted by Crippen LogP contribution is 2.33. The standard InChI is InChI=1S/C16H23N3O/c1-4-18-9-11-19(12-10-18)15-13-5-7-16(2,3)8-6-14(13)20-17-15/h5-8H,4,9-12H2,1-3H3. The molecule has 0 spiro atoms. The first-order chi connectivity index (χ1) is 9.59. The molecule has 4 nitrogen and oxygen atoms in total. The van der Waals surface area contributed by atoms with Crippen molar-refractivity contribution >= 4 is 18.0 Å². The van der Waals surface area contributed by atoms with Gasteiger partial charge in [-0.15, -0.1) is 0 Å². The van der Waals surface area contributed by atoms with E-state index < -0.39 is 0 Å². The van der Waals surface area contributed by atoms with Crippen LogP contribution in [0.3, 0.4) is 0 Å². The maximum absolute atomic E-state index is 5.52. The first-order valence-electron chi connectivity index (χ1n) is 7.44. The first-order valence-corrected chi connectivity index (χ1v) is 7.44. The summed E-state index contributed by atoms with van der Waals surface area (Å²) in [5.41, 5.74) is 1.19. The van der Waals surface area contributed by atoms with Crippen LogP contribution in [0.1, 0.15) is 32.1 Å². The molecular weight excluding hydrogens is 250 g/mol. The number of fused-ring (bicyclic) bond motifs is 1. The van der Waals surface area contributed by atoms with Crippen molar-refractivity contribution in [3.63, 3.8) is 0 Å². The molecule has 0 unspecified atom stereocenters. The SMILES string of the molecule is CCN1CCN(c2noc3c2C=CC(C)(C)C=C3)CC1. The van der Waals surface area contributed by atoms with Crippen LogP contribution in [-0.4, -0.2) is 42.8 Å². The average Bonchev–Trinajstić information content (AvgIpc) is 2.80. The Morgan fingerprint density at radius 2 is 1.85 bits per heavy atom. The molecule has 0 radical (unpaired) electrons. The normalized spacial score (nSPS) is 21.9. The van der Waals surface area contributed by atoms with E-state index in [4.69, 9.17) is 4.52 Å². The average molecular weight is 273 g/mol. The quantitative estimate of drug-likeness (QED) is 0.829. The molecule has 0 saturated carbocycles. The largest absolute Gasteiger partial charge is 0.354 e. The van der Waals surface area contributed by atoms with Crippen molar-refractivity contribution in [1.82, 2.24) is 10.1 Å². The van der Waals surface area contributed by atoms with Gasteiger partial charge in [0, 0.05) is 31.6 Å². The Balaban J connectivity index is 1.84. The third kappa shape index (κ3) is 2.52. The fourth-order valence-electron chi connectivity index (χ4n) is 2.73. The predicted octanol–water partition coefficient (Wildman–Crippen LogP) is 2.88. The Labute approximate surface area is 120 Å². The minimum atomic E-state index is 0.0692. The summed E-state index contributed by atoms with van der Waals surface area (Å²) in [7, 11) is 0. The summed E-state index contributed by atoms with van der Waals surface area (Å²) < 4.78 is 5.52. The zero-order chi connectivity index (χ0) is 14.2. The van der Waals surface area contributed by atoms with Gasteiger partial charge in [0.15, 0.2) is 11.6 Å². The molecule has 0 amide bonds. The number of hydrogen-bond acceptors (Lipinski definition) is 4. The molecule has 0 bridgehead atoms. The molecule has 2 aliphatic rings. The zero-order valence-electron chi connectivity index (χ0n) is 12.6. The van der Waals surface area contributed by atoms with E-state index >= 15 is 0 Å². The second-order valence-electron chi connectivity index (χ2n) is 6.19. The van der Waals surface area contributed by atoms with Crippen LogP contribution in [0.4, 0.5) is 5.82 Å². The summed E-state index contributed by atoms with van der Waals surface area (Å²) in [6.07, 6.45) is 8.60. The zero-order valence-corrected chi connectivity index (χ0v) is 12.6. The van der Waals surface area contributed by atoms with Crippen molar-refractivity contribution in [2.75, 3.05) is 37.6 Å². The number of nitrogens with zero attached hydrogens (tertiary/aromatic N) is 3. The highest BCUT2D eigenvalue weighted by molar-refractivity contribution is 5.73. The molecule has 1 aliphatic carbocycles. The Kier molecular flexibility index (Phi) is 3.42. The topological polar surface area (TPSA) is 32.5 Å². The molecule has 1 aliphatic heterocycles. The van der Waals surface area contributed by atoms with E-state index in [1.807, 2.05) is 6.08 Å². The lowest BCUT2D eigenvalue weighted by molar-refractivity contribution is 0.269. The molecule has 0 N–H and O–H groups in total. The third-order valence-corrected chi connectivity index (χ3v) is 4.20. The molecule has 3 rings (SSSR count). The molecule has 1 saturated heterocycles. The molecule has 1 aromatic heterocycles. The van der Waals surface area contributed by atoms with Gasteiger partial charge in [-0.25, -0.2) is 0 Å². The van der Waals surface area contributed by atoms with Gasteiger partial charge in [0.2, 0.25) is 0 Å². The summed E-state index contributed by atoms with van der Waals surface area (Å²) in [6.45, 7) is 12.0. The van der Waals surface area contributed by atoms with Gasteiger partial charge in [0.05, 0.1) is 5.56 Å². The highest BCUT2D eigenvalue weighted by atomic mass is 16.5. The third-order valence-electron chi connectivity index (χ3n) is 4.20. The van der Waals surface area contributed by atoms with Gasteiger partial charge in [-0.2, -0.15) is 0 Å². The number of hydrogen-bond donors (Lipinski definition) is 0. The van der Waals surface area contributed by atoms with E-state index in [9.17, 15) is 0 Å². The molecule has 20 heavy (non-hydrogen) atoms. The summed E-state index contributed by atoms with van der Waals surface area (Å²) in [4.78, 5) is 4.80. The van der Waals surface area contributed by atoms with Gasteiger partial charge in [-0.3, -0.25) is 0 Å². The molecule has 0 aromatic carbocycles. The highest BCUT2D eigenvalue weighted by Gasteiger charge is 2.24. The smallest absolute Gasteiger partial charge is 0.180 e. The summed E-state index contributed by atoms with van der Waals surface area (Å²) in [5.74, 6) is 1.87. The van der Waals surface area contributed by atoms with Crippen LogP contribution in [0.5, 0.6) is 0 Å². The molecule has 4 heteroatoms. The minimum Gasteiger partial charge on any atom is -0.354 e. The molecule has 108 valence electrons. The van der Waals surface area contributed by atoms with Crippen LogP contribution in [0, 0.1) is 5.41 Å². The first kappa shape index (κ1) is 13.4. The maximum atomic E-state index is 5.52. The van der Waals surface area contributed by atoms with Gasteiger partial charge in [0.25, 0.3) is 0 Å². The summed E-state index contributed by atoms with van der Waals surface area (Å²) in [6, 6.07) is 0. The van der Waals surface area contributed by atoms with E-state index in [-0.39, 0.29) is 5.41 Å². The number of anilines is 1. The molecule has 2 heterocycles. The maximum Gasteiger partial charge on any atom is 0.180 e. The monoisotopic (exact) mass is 273 g/mol. The predicted molar refractivity (Wildman–Crippen MR) is 82.7 cm³/mol. The lowest BCUT2D eigenvalue weighted by Gasteiger charge is -2.34. The number of aromatic nitrogens is 1. The second-order valence-corrected chi connectivity index (χ2v) is 6.19. The Morgan fingerprint density at radius 3 is 2.55 bits per heavy atom. The number of piperazine rings is 1. The van der Waals surface area contributed by atoms with Crippen molar-refractivity contribution in [1.29, 1.82) is 0 Å². The van der Waals surface area contributed by atoms with E-state index in [2.05, 4.69) is 54.0 Å². The Morgan fingerprint density at radius 1 is 1.15 bits per heavy atom. The van der Waals surface area contributed by atoms with Crippen LogP contribution < -0.4 is 4.90 Å². The fraction of sp³-hybridized carbons (Fsp3) is 0.562. The summed E-state index contributed by atoms with van der Waals surface area (Å²) >= 11 is 0. The van der Waals surface area contributed by atoms with Crippen molar-refractivity contribution in [3.8, 4) is 0 Å². The molecule has 0 atom stereocenters. The van der Waals surface area contributed by atoms with E-state index in [1.54, 1.807) is 0 Å². The minimum absolute atomic E-state index is 0.0692. The number of allylic oxidation sites excluding steroid dienone is 2. The Bertz CT molecular complexity index is 534. The summed E-state index contributed by atoms with van der Waals surface area (Å²) in [5, 5.41) is 4.29. The lowest BCUT2D eigenvalue weighted by Crippen LogP contribution is -2.46. The number of rotatable bonds is 2. The number of likely N-dealkylation sites (N-methyl/N-ethyl adjacent to an activating group) is 1. The molecule has 1 fully saturated rings. The van der Waals surface area contributed by atoms with Crippen molar-refractivity contribution < 1.29 is 4.52 Å². The van der Waals surface area contributed by atoms with Gasteiger partial charge in [0.1, 0.15) is 0 Å². The van der Waals surface area contributed by atoms with E-state index in [1.165, 1.54) is 0 Å². The van der Waals surface area contributed by atoms with Gasteiger partial charge < -0.3 is 14.3 Å². The fourth-order valence-corrected chi connectivity index (χ4v) is 2.73. The lowest BCUT2D eigenvalue weighted by atomic mass is 9.93. The van der Waals surface area contributed by atoms with Gasteiger partial charge >= 0.3 is 0 Å². The second kappa shape index (κ2) is 5.09. The van der Waals surface area contributed by atoms with Crippen molar-refractivity contribution in [3.05, 3.63) is 23.5 Å². The van der Waals surface area contributed by atoms with Crippen LogP contribution in [0.2, 0.25) is 0 Å². The van der Waals surface area contributed by atoms with E-state index in [0.29, 0.717) is 0 Å². The van der Waals surface area contributed by atoms with Gasteiger partial charge in [-0.05, 0) is 12.6 Å². The van der Waals surface area contributed by atoms with Crippen molar-refractivity contribution in [2.24, 2.45) is 5.41 Å². The van der Waals surface area contributed by atoms with Crippen LogP contribution >= 0.6 is 0 Å². The van der Waals surface area contributed by atoms with Crippen LogP contribution in [0.25, 0.3) is 12.2 Å².